The summed E-state index contributed by atoms with van der Waals surface area (Å²) in [5, 5.41) is 21.0. The third-order valence-electron chi connectivity index (χ3n) is 5.94. The SMILES string of the molecule is Cn1c(=O)c2c(-c3cccc(Br)c3)n3c(c2n(C)c1=O)C(c1cc(O)ccc1O)OCC3. The Balaban J connectivity index is 1.97. The lowest BCUT2D eigenvalue weighted by Gasteiger charge is -2.28. The van der Waals surface area contributed by atoms with Gasteiger partial charge in [0.2, 0.25) is 0 Å². The molecule has 0 saturated heterocycles. The lowest BCUT2D eigenvalue weighted by atomic mass is 10.0. The van der Waals surface area contributed by atoms with Gasteiger partial charge in [0.1, 0.15) is 17.6 Å². The van der Waals surface area contributed by atoms with Crippen molar-refractivity contribution in [1.82, 2.24) is 13.7 Å². The van der Waals surface area contributed by atoms with Crippen LogP contribution in [0.4, 0.5) is 0 Å². The normalized spacial score (nSPS) is 15.8. The van der Waals surface area contributed by atoms with Crippen molar-refractivity contribution in [3.8, 4) is 22.8 Å². The zero-order valence-electron chi connectivity index (χ0n) is 17.4. The van der Waals surface area contributed by atoms with Crippen LogP contribution in [0.15, 0.2) is 56.5 Å². The van der Waals surface area contributed by atoms with E-state index in [1.54, 1.807) is 7.05 Å². The van der Waals surface area contributed by atoms with Crippen LogP contribution in [-0.4, -0.2) is 30.5 Å². The Morgan fingerprint density at radius 1 is 1.06 bits per heavy atom. The molecule has 0 amide bonds. The van der Waals surface area contributed by atoms with Crippen molar-refractivity contribution in [2.75, 3.05) is 6.61 Å². The summed E-state index contributed by atoms with van der Waals surface area (Å²) in [6.07, 6.45) is -0.781. The van der Waals surface area contributed by atoms with Crippen molar-refractivity contribution in [2.24, 2.45) is 14.1 Å². The van der Waals surface area contributed by atoms with E-state index in [1.165, 1.54) is 29.8 Å². The average Bonchev–Trinajstić information content (AvgIpc) is 3.13. The molecule has 8 nitrogen and oxygen atoms in total. The van der Waals surface area contributed by atoms with Crippen LogP contribution in [0.2, 0.25) is 0 Å². The third kappa shape index (κ3) is 2.92. The Morgan fingerprint density at radius 3 is 2.59 bits per heavy atom. The molecular weight excluding hydrogens is 478 g/mol. The zero-order chi connectivity index (χ0) is 22.7. The number of hydrogen-bond acceptors (Lipinski definition) is 5. The number of phenols is 2. The van der Waals surface area contributed by atoms with Gasteiger partial charge in [0.05, 0.1) is 28.9 Å². The fraction of sp³-hybridized carbons (Fsp3) is 0.217. The molecule has 1 aliphatic rings. The number of aromatic hydroxyl groups is 2. The van der Waals surface area contributed by atoms with Crippen molar-refractivity contribution in [1.29, 1.82) is 0 Å². The van der Waals surface area contributed by atoms with Crippen molar-refractivity contribution in [3.63, 3.8) is 0 Å². The Hall–Kier alpha value is -3.30. The van der Waals surface area contributed by atoms with E-state index in [0.29, 0.717) is 41.0 Å². The first kappa shape index (κ1) is 20.6. The van der Waals surface area contributed by atoms with Gasteiger partial charge in [-0.1, -0.05) is 28.1 Å². The van der Waals surface area contributed by atoms with Crippen molar-refractivity contribution in [2.45, 2.75) is 12.6 Å². The van der Waals surface area contributed by atoms with E-state index in [9.17, 15) is 19.8 Å². The minimum absolute atomic E-state index is 0.0219. The topological polar surface area (TPSA) is 98.6 Å². The first-order chi connectivity index (χ1) is 15.3. The second-order valence-electron chi connectivity index (χ2n) is 7.82. The highest BCUT2D eigenvalue weighted by molar-refractivity contribution is 9.10. The number of aryl methyl sites for hydroxylation is 1. The maximum Gasteiger partial charge on any atom is 0.331 e. The predicted octanol–water partition coefficient (Wildman–Crippen LogP) is 3.00. The van der Waals surface area contributed by atoms with Crippen molar-refractivity contribution >= 4 is 26.8 Å². The van der Waals surface area contributed by atoms with E-state index in [1.807, 2.05) is 28.8 Å². The number of hydrogen-bond donors (Lipinski definition) is 2. The zero-order valence-corrected chi connectivity index (χ0v) is 19.0. The Morgan fingerprint density at radius 2 is 1.84 bits per heavy atom. The monoisotopic (exact) mass is 497 g/mol. The van der Waals surface area contributed by atoms with Crippen LogP contribution in [0, 0.1) is 0 Å². The number of nitrogens with zero attached hydrogens (tertiary/aromatic N) is 3. The van der Waals surface area contributed by atoms with Gasteiger partial charge in [-0.25, -0.2) is 4.79 Å². The summed E-state index contributed by atoms with van der Waals surface area (Å²) in [7, 11) is 3.07. The first-order valence-electron chi connectivity index (χ1n) is 10.0. The molecule has 1 aliphatic heterocycles. The van der Waals surface area contributed by atoms with E-state index in [0.717, 1.165) is 14.6 Å². The van der Waals surface area contributed by atoms with Crippen LogP contribution < -0.4 is 11.2 Å². The smallest absolute Gasteiger partial charge is 0.331 e. The summed E-state index contributed by atoms with van der Waals surface area (Å²) >= 11 is 3.50. The van der Waals surface area contributed by atoms with Crippen LogP contribution in [0.25, 0.3) is 22.2 Å². The molecule has 0 aliphatic carbocycles. The van der Waals surface area contributed by atoms with Gasteiger partial charge >= 0.3 is 5.69 Å². The minimum Gasteiger partial charge on any atom is -0.508 e. The van der Waals surface area contributed by atoms with Crippen LogP contribution >= 0.6 is 15.9 Å². The summed E-state index contributed by atoms with van der Waals surface area (Å²) in [6.45, 7) is 0.780. The highest BCUT2D eigenvalue weighted by Gasteiger charge is 2.34. The number of phenolic OH excluding ortho intramolecular Hbond substituents is 2. The van der Waals surface area contributed by atoms with E-state index < -0.39 is 17.4 Å². The minimum atomic E-state index is -0.781. The molecule has 0 spiro atoms. The summed E-state index contributed by atoms with van der Waals surface area (Å²) in [5.41, 5.74) is 2.02. The van der Waals surface area contributed by atoms with Crippen LogP contribution in [0.5, 0.6) is 11.5 Å². The molecule has 3 heterocycles. The molecule has 4 aromatic rings. The van der Waals surface area contributed by atoms with E-state index in [2.05, 4.69) is 15.9 Å². The van der Waals surface area contributed by atoms with E-state index in [-0.39, 0.29) is 11.5 Å². The van der Waals surface area contributed by atoms with Gasteiger partial charge in [0, 0.05) is 36.2 Å². The maximum atomic E-state index is 13.4. The van der Waals surface area contributed by atoms with Crippen LogP contribution in [0.3, 0.4) is 0 Å². The molecule has 9 heteroatoms. The maximum absolute atomic E-state index is 13.4. The van der Waals surface area contributed by atoms with Crippen LogP contribution in [-0.2, 0) is 25.4 Å². The van der Waals surface area contributed by atoms with Gasteiger partial charge in [-0.05, 0) is 30.3 Å². The highest BCUT2D eigenvalue weighted by Crippen LogP contribution is 2.43. The number of rotatable bonds is 2. The predicted molar refractivity (Wildman–Crippen MR) is 123 cm³/mol. The molecule has 2 aromatic heterocycles. The molecular formula is C23H20BrN3O5. The molecule has 1 unspecified atom stereocenters. The summed E-state index contributed by atoms with van der Waals surface area (Å²) in [5.74, 6) is -0.0696. The first-order valence-corrected chi connectivity index (χ1v) is 10.8. The largest absolute Gasteiger partial charge is 0.508 e. The summed E-state index contributed by atoms with van der Waals surface area (Å²) in [6, 6.07) is 11.8. The summed E-state index contributed by atoms with van der Waals surface area (Å²) in [4.78, 5) is 26.2. The fourth-order valence-corrected chi connectivity index (χ4v) is 4.90. The second-order valence-corrected chi connectivity index (χ2v) is 8.73. The molecule has 2 aromatic carbocycles. The number of fused-ring (bicyclic) bond motifs is 3. The molecule has 164 valence electrons. The van der Waals surface area contributed by atoms with Gasteiger partial charge in [0.15, 0.2) is 0 Å². The third-order valence-corrected chi connectivity index (χ3v) is 6.44. The van der Waals surface area contributed by atoms with Crippen molar-refractivity contribution in [3.05, 3.63) is 79.0 Å². The van der Waals surface area contributed by atoms with Gasteiger partial charge in [0.25, 0.3) is 5.56 Å². The van der Waals surface area contributed by atoms with E-state index >= 15 is 0 Å². The lowest BCUT2D eigenvalue weighted by molar-refractivity contribution is 0.0463. The molecule has 5 rings (SSSR count). The Bertz CT molecular complexity index is 1520. The fourth-order valence-electron chi connectivity index (χ4n) is 4.50. The van der Waals surface area contributed by atoms with Gasteiger partial charge in [-0.2, -0.15) is 0 Å². The molecule has 0 radical (unpaired) electrons. The quantitative estimate of drug-likeness (QED) is 0.414. The molecule has 0 saturated carbocycles. The molecule has 0 fully saturated rings. The number of benzene rings is 2. The van der Waals surface area contributed by atoms with Gasteiger partial charge < -0.3 is 19.5 Å². The number of aromatic nitrogens is 3. The van der Waals surface area contributed by atoms with Crippen molar-refractivity contribution < 1.29 is 14.9 Å². The average molecular weight is 498 g/mol. The second kappa shape index (κ2) is 7.39. The Labute approximate surface area is 190 Å². The van der Waals surface area contributed by atoms with Gasteiger partial charge in [-0.15, -0.1) is 0 Å². The highest BCUT2D eigenvalue weighted by atomic mass is 79.9. The van der Waals surface area contributed by atoms with E-state index in [4.69, 9.17) is 4.74 Å². The summed E-state index contributed by atoms with van der Waals surface area (Å²) < 4.78 is 11.4. The van der Waals surface area contributed by atoms with Gasteiger partial charge in [-0.3, -0.25) is 13.9 Å². The van der Waals surface area contributed by atoms with Crippen LogP contribution in [0.1, 0.15) is 17.4 Å². The molecule has 1 atom stereocenters. The molecule has 0 bridgehead atoms. The standard InChI is InChI=1S/C23H20BrN3O5/c1-25-19-17(22(30)26(2)23(25)31)18(12-4-3-5-13(24)10-12)27-8-9-32-21(20(19)27)15-11-14(28)6-7-16(15)29/h3-7,10-11,21,28-29H,8-9H2,1-2H3. The molecule has 32 heavy (non-hydrogen) atoms. The number of ether oxygens (including phenoxy) is 1. The molecule has 2 N–H and O–H groups in total. The Kier molecular flexibility index (Phi) is 4.75. The number of halogens is 1. The lowest BCUT2D eigenvalue weighted by Crippen LogP contribution is -2.37.